The fourth-order valence-corrected chi connectivity index (χ4v) is 3.14. The first-order chi connectivity index (χ1) is 12.0. The molecule has 0 fully saturated rings. The minimum absolute atomic E-state index is 0.0619. The Hall–Kier alpha value is -2.76. The standard InChI is InChI=1S/C19H18F2N2O2/c1-2-23-17(24)10-12-5-3-4-6-15(12)18(23)19(25)22-11-13-9-14(20)7-8-16(13)21/h3-9,18H,2,10-11H2,1H3,(H,22,25)/t18-/m0/s1. The number of amides is 2. The Labute approximate surface area is 144 Å². The van der Waals surface area contributed by atoms with Gasteiger partial charge in [-0.3, -0.25) is 9.59 Å². The predicted octanol–water partition coefficient (Wildman–Crippen LogP) is 2.73. The highest BCUT2D eigenvalue weighted by atomic mass is 19.1. The summed E-state index contributed by atoms with van der Waals surface area (Å²) < 4.78 is 27.0. The first-order valence-electron chi connectivity index (χ1n) is 8.10. The fraction of sp³-hybridized carbons (Fsp3) is 0.263. The lowest BCUT2D eigenvalue weighted by Crippen LogP contribution is -2.47. The highest BCUT2D eigenvalue weighted by Gasteiger charge is 2.35. The van der Waals surface area contributed by atoms with Gasteiger partial charge in [0.05, 0.1) is 6.42 Å². The van der Waals surface area contributed by atoms with E-state index in [4.69, 9.17) is 0 Å². The molecule has 0 radical (unpaired) electrons. The summed E-state index contributed by atoms with van der Waals surface area (Å²) in [7, 11) is 0. The van der Waals surface area contributed by atoms with Gasteiger partial charge >= 0.3 is 0 Å². The average molecular weight is 344 g/mol. The molecule has 4 nitrogen and oxygen atoms in total. The average Bonchev–Trinajstić information content (AvgIpc) is 2.61. The maximum Gasteiger partial charge on any atom is 0.247 e. The zero-order chi connectivity index (χ0) is 18.0. The van der Waals surface area contributed by atoms with Crippen molar-refractivity contribution in [2.24, 2.45) is 0 Å². The molecule has 0 bridgehead atoms. The third-order valence-electron chi connectivity index (χ3n) is 4.37. The van der Waals surface area contributed by atoms with Crippen molar-refractivity contribution in [3.63, 3.8) is 0 Å². The molecule has 0 saturated heterocycles. The maximum atomic E-state index is 13.7. The summed E-state index contributed by atoms with van der Waals surface area (Å²) in [5.41, 5.74) is 1.64. The second-order valence-corrected chi connectivity index (χ2v) is 5.91. The van der Waals surface area contributed by atoms with E-state index >= 15 is 0 Å². The number of benzene rings is 2. The van der Waals surface area contributed by atoms with Gasteiger partial charge in [-0.15, -0.1) is 0 Å². The van der Waals surface area contributed by atoms with Gasteiger partial charge in [0.2, 0.25) is 11.8 Å². The molecule has 0 unspecified atom stereocenters. The summed E-state index contributed by atoms with van der Waals surface area (Å²) in [5.74, 6) is -1.70. The van der Waals surface area contributed by atoms with Gasteiger partial charge in [-0.2, -0.15) is 0 Å². The molecule has 0 aliphatic carbocycles. The summed E-state index contributed by atoms with van der Waals surface area (Å²) >= 11 is 0. The molecule has 130 valence electrons. The number of hydrogen-bond donors (Lipinski definition) is 1. The van der Waals surface area contributed by atoms with Crippen LogP contribution in [0.3, 0.4) is 0 Å². The summed E-state index contributed by atoms with van der Waals surface area (Å²) in [5, 5.41) is 2.62. The van der Waals surface area contributed by atoms with Crippen molar-refractivity contribution in [3.8, 4) is 0 Å². The van der Waals surface area contributed by atoms with Crippen molar-refractivity contribution < 1.29 is 18.4 Å². The molecule has 1 N–H and O–H groups in total. The summed E-state index contributed by atoms with van der Waals surface area (Å²) in [4.78, 5) is 26.5. The molecule has 6 heteroatoms. The predicted molar refractivity (Wildman–Crippen MR) is 88.5 cm³/mol. The smallest absolute Gasteiger partial charge is 0.247 e. The highest BCUT2D eigenvalue weighted by Crippen LogP contribution is 2.30. The van der Waals surface area contributed by atoms with Crippen LogP contribution in [0, 0.1) is 11.6 Å². The molecule has 2 aromatic rings. The Morgan fingerprint density at radius 3 is 2.76 bits per heavy atom. The fourth-order valence-electron chi connectivity index (χ4n) is 3.14. The number of nitrogens with one attached hydrogen (secondary N) is 1. The third-order valence-corrected chi connectivity index (χ3v) is 4.37. The molecule has 0 saturated carbocycles. The van der Waals surface area contributed by atoms with E-state index in [1.807, 2.05) is 24.3 Å². The normalized spacial score (nSPS) is 16.5. The van der Waals surface area contributed by atoms with Crippen LogP contribution < -0.4 is 5.32 Å². The van der Waals surface area contributed by atoms with E-state index in [1.54, 1.807) is 6.92 Å². The number of carbonyl (C=O) groups is 2. The molecule has 1 aliphatic heterocycles. The van der Waals surface area contributed by atoms with Gasteiger partial charge in [0, 0.05) is 18.7 Å². The van der Waals surface area contributed by atoms with Crippen LogP contribution in [-0.2, 0) is 22.6 Å². The van der Waals surface area contributed by atoms with Crippen LogP contribution >= 0.6 is 0 Å². The molecular formula is C19H18F2N2O2. The first-order valence-corrected chi connectivity index (χ1v) is 8.10. The second-order valence-electron chi connectivity index (χ2n) is 5.91. The molecule has 2 aromatic carbocycles. The highest BCUT2D eigenvalue weighted by molar-refractivity contribution is 5.92. The van der Waals surface area contributed by atoms with Crippen LogP contribution in [0.25, 0.3) is 0 Å². The number of rotatable bonds is 4. The lowest BCUT2D eigenvalue weighted by atomic mass is 9.91. The van der Waals surface area contributed by atoms with Crippen LogP contribution in [0.15, 0.2) is 42.5 Å². The largest absolute Gasteiger partial charge is 0.350 e. The van der Waals surface area contributed by atoms with Gasteiger partial charge in [0.25, 0.3) is 0 Å². The molecule has 1 aliphatic rings. The van der Waals surface area contributed by atoms with Gasteiger partial charge in [-0.1, -0.05) is 24.3 Å². The van der Waals surface area contributed by atoms with Gasteiger partial charge in [0.15, 0.2) is 0 Å². The van der Waals surface area contributed by atoms with E-state index in [9.17, 15) is 18.4 Å². The Morgan fingerprint density at radius 2 is 2.00 bits per heavy atom. The Morgan fingerprint density at radius 1 is 1.24 bits per heavy atom. The molecule has 2 amide bonds. The molecule has 25 heavy (non-hydrogen) atoms. The number of fused-ring (bicyclic) bond motifs is 1. The number of likely N-dealkylation sites (N-methyl/N-ethyl adjacent to an activating group) is 1. The topological polar surface area (TPSA) is 49.4 Å². The van der Waals surface area contributed by atoms with Crippen molar-refractivity contribution in [3.05, 3.63) is 70.8 Å². The van der Waals surface area contributed by atoms with Gasteiger partial charge in [-0.25, -0.2) is 8.78 Å². The van der Waals surface area contributed by atoms with E-state index in [0.717, 1.165) is 29.3 Å². The maximum absolute atomic E-state index is 13.7. The minimum Gasteiger partial charge on any atom is -0.350 e. The van der Waals surface area contributed by atoms with Gasteiger partial charge in [-0.05, 0) is 36.2 Å². The summed E-state index contributed by atoms with van der Waals surface area (Å²) in [6.07, 6.45) is 0.256. The van der Waals surface area contributed by atoms with Crippen molar-refractivity contribution in [2.45, 2.75) is 25.9 Å². The van der Waals surface area contributed by atoms with Crippen LogP contribution in [0.1, 0.15) is 29.7 Å². The number of hydrogen-bond acceptors (Lipinski definition) is 2. The minimum atomic E-state index is -0.765. The number of nitrogens with zero attached hydrogens (tertiary/aromatic N) is 1. The number of carbonyl (C=O) groups excluding carboxylic acids is 2. The Balaban J connectivity index is 1.84. The van der Waals surface area contributed by atoms with Crippen molar-refractivity contribution in [1.82, 2.24) is 10.2 Å². The van der Waals surface area contributed by atoms with E-state index in [2.05, 4.69) is 5.32 Å². The number of halogens is 2. The molecule has 3 rings (SSSR count). The van der Waals surface area contributed by atoms with Crippen molar-refractivity contribution in [1.29, 1.82) is 0 Å². The monoisotopic (exact) mass is 344 g/mol. The van der Waals surface area contributed by atoms with Gasteiger partial charge in [0.1, 0.15) is 17.7 Å². The van der Waals surface area contributed by atoms with Crippen LogP contribution in [0.2, 0.25) is 0 Å². The lowest BCUT2D eigenvalue weighted by molar-refractivity contribution is -0.141. The van der Waals surface area contributed by atoms with Crippen molar-refractivity contribution in [2.75, 3.05) is 6.54 Å². The van der Waals surface area contributed by atoms with E-state index in [-0.39, 0.29) is 24.4 Å². The Kier molecular flexibility index (Phi) is 4.79. The first kappa shape index (κ1) is 17.1. The molecule has 1 heterocycles. The summed E-state index contributed by atoms with van der Waals surface area (Å²) in [6, 6.07) is 9.61. The Bertz CT molecular complexity index is 823. The lowest BCUT2D eigenvalue weighted by Gasteiger charge is -2.35. The third kappa shape index (κ3) is 3.38. The summed E-state index contributed by atoms with van der Waals surface area (Å²) in [6.45, 7) is 2.05. The molecule has 0 aromatic heterocycles. The van der Waals surface area contributed by atoms with E-state index < -0.39 is 23.6 Å². The zero-order valence-corrected chi connectivity index (χ0v) is 13.8. The van der Waals surface area contributed by atoms with Gasteiger partial charge < -0.3 is 10.2 Å². The van der Waals surface area contributed by atoms with Crippen LogP contribution in [0.5, 0.6) is 0 Å². The molecule has 0 spiro atoms. The van der Waals surface area contributed by atoms with E-state index in [1.165, 1.54) is 4.90 Å². The van der Waals surface area contributed by atoms with Crippen LogP contribution in [0.4, 0.5) is 8.78 Å². The van der Waals surface area contributed by atoms with Crippen molar-refractivity contribution >= 4 is 11.8 Å². The zero-order valence-electron chi connectivity index (χ0n) is 13.8. The second kappa shape index (κ2) is 7.01. The SMILES string of the molecule is CCN1C(=O)Cc2ccccc2[C@H]1C(=O)NCc1cc(F)ccc1F. The molecule has 1 atom stereocenters. The van der Waals surface area contributed by atoms with E-state index in [0.29, 0.717) is 6.54 Å². The molecular weight excluding hydrogens is 326 g/mol. The quantitative estimate of drug-likeness (QED) is 0.927. The van der Waals surface area contributed by atoms with Crippen LogP contribution in [-0.4, -0.2) is 23.3 Å².